The van der Waals surface area contributed by atoms with Gasteiger partial charge in [-0.3, -0.25) is 9.69 Å². The molecule has 4 heterocycles. The molecule has 2 saturated heterocycles. The number of hydrogen-bond acceptors (Lipinski definition) is 8. The number of thioether (sulfide) groups is 1. The lowest BCUT2D eigenvalue weighted by Gasteiger charge is -2.35. The summed E-state index contributed by atoms with van der Waals surface area (Å²) in [5.74, 6) is 2.63. The molecule has 0 bridgehead atoms. The van der Waals surface area contributed by atoms with Crippen LogP contribution in [0.2, 0.25) is 0 Å². The third-order valence-electron chi connectivity index (χ3n) is 6.82. The van der Waals surface area contributed by atoms with Crippen molar-refractivity contribution in [2.24, 2.45) is 0 Å². The van der Waals surface area contributed by atoms with Crippen LogP contribution in [0.25, 0.3) is 6.08 Å². The van der Waals surface area contributed by atoms with E-state index in [1.807, 2.05) is 23.1 Å². The number of amides is 1. The Balaban J connectivity index is 1.17. The summed E-state index contributed by atoms with van der Waals surface area (Å²) in [5, 5.41) is 0.687. The molecule has 2 aliphatic rings. The largest absolute Gasteiger partial charge is 0.455 e. The van der Waals surface area contributed by atoms with Crippen molar-refractivity contribution in [1.29, 1.82) is 0 Å². The van der Waals surface area contributed by atoms with Crippen LogP contribution in [0.1, 0.15) is 40.4 Å². The van der Waals surface area contributed by atoms with Crippen LogP contribution in [0.4, 0.5) is 5.82 Å². The average molecular weight is 534 g/mol. The van der Waals surface area contributed by atoms with E-state index in [9.17, 15) is 4.79 Å². The van der Waals surface area contributed by atoms with Crippen molar-refractivity contribution >= 4 is 29.6 Å². The summed E-state index contributed by atoms with van der Waals surface area (Å²) in [5.41, 5.74) is 2.09. The van der Waals surface area contributed by atoms with Crippen LogP contribution in [0.5, 0.6) is 0 Å². The fourth-order valence-corrected chi connectivity index (χ4v) is 5.52. The Morgan fingerprint density at radius 2 is 1.82 bits per heavy atom. The first kappa shape index (κ1) is 26.5. The zero-order chi connectivity index (χ0) is 26.2. The van der Waals surface area contributed by atoms with Gasteiger partial charge in [0.05, 0.1) is 18.1 Å². The summed E-state index contributed by atoms with van der Waals surface area (Å²) >= 11 is 1.52. The number of nitrogens with zero attached hydrogens (tertiary/aromatic N) is 5. The van der Waals surface area contributed by atoms with Gasteiger partial charge in [0.2, 0.25) is 0 Å². The van der Waals surface area contributed by atoms with Crippen LogP contribution in [0, 0.1) is 0 Å². The van der Waals surface area contributed by atoms with Crippen LogP contribution < -0.4 is 4.90 Å². The number of ether oxygens (including phenoxy) is 1. The van der Waals surface area contributed by atoms with Crippen LogP contribution in [-0.4, -0.2) is 78.6 Å². The Bertz CT molecular complexity index is 1220. The summed E-state index contributed by atoms with van der Waals surface area (Å²) in [6, 6.07) is 16.1. The predicted molar refractivity (Wildman–Crippen MR) is 150 cm³/mol. The molecule has 5 rings (SSSR count). The number of carbonyl (C=O) groups excluding carboxylic acids is 1. The van der Waals surface area contributed by atoms with E-state index in [1.54, 1.807) is 13.2 Å². The van der Waals surface area contributed by atoms with E-state index >= 15 is 0 Å². The Morgan fingerprint density at radius 3 is 2.58 bits per heavy atom. The van der Waals surface area contributed by atoms with Gasteiger partial charge in [0, 0.05) is 59.0 Å². The number of anilines is 1. The minimum atomic E-state index is -0.0194. The van der Waals surface area contributed by atoms with Gasteiger partial charge in [-0.15, -0.1) is 0 Å². The van der Waals surface area contributed by atoms with E-state index in [0.29, 0.717) is 23.3 Å². The zero-order valence-electron chi connectivity index (χ0n) is 21.9. The molecule has 1 aromatic carbocycles. The van der Waals surface area contributed by atoms with Crippen LogP contribution in [0.15, 0.2) is 64.2 Å². The van der Waals surface area contributed by atoms with E-state index < -0.39 is 0 Å². The molecule has 0 N–H and O–H groups in total. The highest BCUT2D eigenvalue weighted by Gasteiger charge is 2.23. The molecule has 2 fully saturated rings. The van der Waals surface area contributed by atoms with Gasteiger partial charge >= 0.3 is 0 Å². The van der Waals surface area contributed by atoms with Crippen molar-refractivity contribution in [2.75, 3.05) is 57.8 Å². The fourth-order valence-electron chi connectivity index (χ4n) is 4.75. The quantitative estimate of drug-likeness (QED) is 0.277. The van der Waals surface area contributed by atoms with Gasteiger partial charge in [0.1, 0.15) is 11.6 Å². The second-order valence-electron chi connectivity index (χ2n) is 9.59. The van der Waals surface area contributed by atoms with Crippen molar-refractivity contribution in [3.63, 3.8) is 0 Å². The first-order valence-corrected chi connectivity index (χ1v) is 14.2. The summed E-state index contributed by atoms with van der Waals surface area (Å²) in [7, 11) is 1.68. The number of piperazine rings is 1. The van der Waals surface area contributed by atoms with Gasteiger partial charge in [-0.2, -0.15) is 0 Å². The summed E-state index contributed by atoms with van der Waals surface area (Å²) < 4.78 is 11.2. The number of carbonyl (C=O) groups is 1. The average Bonchev–Trinajstić information content (AvgIpc) is 3.66. The highest BCUT2D eigenvalue weighted by atomic mass is 32.2. The number of benzene rings is 1. The maximum Gasteiger partial charge on any atom is 0.289 e. The maximum absolute atomic E-state index is 12.6. The molecule has 0 saturated carbocycles. The summed E-state index contributed by atoms with van der Waals surface area (Å²) in [6.45, 7) is 6.77. The molecule has 0 unspecified atom stereocenters. The lowest BCUT2D eigenvalue weighted by Crippen LogP contribution is -2.46. The van der Waals surface area contributed by atoms with Crippen LogP contribution in [0.3, 0.4) is 0 Å². The lowest BCUT2D eigenvalue weighted by atomic mass is 10.2. The predicted octanol–water partition coefficient (Wildman–Crippen LogP) is 4.58. The monoisotopic (exact) mass is 533 g/mol. The second kappa shape index (κ2) is 13.1. The van der Waals surface area contributed by atoms with Gasteiger partial charge in [0.15, 0.2) is 10.9 Å². The summed E-state index contributed by atoms with van der Waals surface area (Å²) in [4.78, 5) is 28.8. The van der Waals surface area contributed by atoms with Gasteiger partial charge < -0.3 is 19.0 Å². The van der Waals surface area contributed by atoms with Gasteiger partial charge in [-0.25, -0.2) is 9.97 Å². The first-order chi connectivity index (χ1) is 18.7. The van der Waals surface area contributed by atoms with Crippen molar-refractivity contribution in [1.82, 2.24) is 19.8 Å². The maximum atomic E-state index is 12.6. The number of methoxy groups -OCH3 is 1. The topological polar surface area (TPSA) is 74.9 Å². The molecule has 0 aliphatic carbocycles. The molecule has 200 valence electrons. The molecule has 2 aliphatic heterocycles. The molecule has 3 aromatic rings. The molecule has 0 spiro atoms. The molecule has 0 atom stereocenters. The molecular formula is C29H35N5O3S. The molecule has 8 nitrogen and oxygen atoms in total. The van der Waals surface area contributed by atoms with E-state index in [0.717, 1.165) is 75.9 Å². The van der Waals surface area contributed by atoms with Crippen LogP contribution >= 0.6 is 11.8 Å². The van der Waals surface area contributed by atoms with Gasteiger partial charge in [-0.05, 0) is 30.5 Å². The SMILES string of the molecule is COCc1cc(N2CCN(C/C=C/c3ccccc3)CC2)nc(SCc2ccc(C(=O)N3CCCC3)o2)n1. The van der Waals surface area contributed by atoms with E-state index in [4.69, 9.17) is 14.1 Å². The van der Waals surface area contributed by atoms with E-state index in [1.165, 1.54) is 17.3 Å². The molecule has 9 heteroatoms. The zero-order valence-corrected chi connectivity index (χ0v) is 22.7. The fraction of sp³-hybridized carbons (Fsp3) is 0.414. The van der Waals surface area contributed by atoms with Gasteiger partial charge in [-0.1, -0.05) is 54.2 Å². The van der Waals surface area contributed by atoms with Crippen LogP contribution in [-0.2, 0) is 17.1 Å². The number of aromatic nitrogens is 2. The van der Waals surface area contributed by atoms with Crippen molar-refractivity contribution < 1.29 is 13.9 Å². The molecular weight excluding hydrogens is 498 g/mol. The third-order valence-corrected chi connectivity index (χ3v) is 7.69. The number of furan rings is 1. The number of hydrogen-bond donors (Lipinski definition) is 0. The minimum Gasteiger partial charge on any atom is -0.455 e. The summed E-state index contributed by atoms with van der Waals surface area (Å²) in [6.07, 6.45) is 6.54. The Labute approximate surface area is 228 Å². The Kier molecular flexibility index (Phi) is 9.11. The molecule has 1 amide bonds. The molecule has 0 radical (unpaired) electrons. The van der Waals surface area contributed by atoms with Crippen molar-refractivity contribution in [2.45, 2.75) is 30.4 Å². The van der Waals surface area contributed by atoms with Crippen molar-refractivity contribution in [3.05, 3.63) is 77.4 Å². The highest BCUT2D eigenvalue weighted by molar-refractivity contribution is 7.98. The highest BCUT2D eigenvalue weighted by Crippen LogP contribution is 2.25. The van der Waals surface area contributed by atoms with E-state index in [2.05, 4.69) is 51.2 Å². The normalized spacial score (nSPS) is 16.6. The smallest absolute Gasteiger partial charge is 0.289 e. The standard InChI is InChI=1S/C29H35N5O3S/c1-36-21-24-20-27(33-18-16-32(17-19-33)13-7-10-23-8-3-2-4-9-23)31-29(30-24)38-22-25-11-12-26(37-25)28(35)34-14-5-6-15-34/h2-4,7-12,20H,5-6,13-19,21-22H2,1H3/b10-7+. The number of likely N-dealkylation sites (tertiary alicyclic amines) is 1. The van der Waals surface area contributed by atoms with Gasteiger partial charge in [0.25, 0.3) is 5.91 Å². The number of rotatable bonds is 10. The Hall–Kier alpha value is -3.14. The van der Waals surface area contributed by atoms with E-state index in [-0.39, 0.29) is 5.91 Å². The second-order valence-corrected chi connectivity index (χ2v) is 10.5. The lowest BCUT2D eigenvalue weighted by molar-refractivity contribution is 0.0760. The first-order valence-electron chi connectivity index (χ1n) is 13.2. The molecule has 38 heavy (non-hydrogen) atoms. The third kappa shape index (κ3) is 7.03. The van der Waals surface area contributed by atoms with Crippen molar-refractivity contribution in [3.8, 4) is 0 Å². The Morgan fingerprint density at radius 1 is 1.03 bits per heavy atom. The minimum absolute atomic E-state index is 0.0194. The molecule has 2 aromatic heterocycles.